The third-order valence-electron chi connectivity index (χ3n) is 5.13. The monoisotopic (exact) mass is 497 g/mol. The normalized spacial score (nSPS) is 10.8. The standard InChI is InChI=1S/C25H18Cl3N3O2/c1-14-3-5-17(6-4-14)24(32)29-25(33)22-15(2)23(16-7-9-18(26)10-8-16)31(30-22)21-12-11-19(27)13-20(21)28/h3-13H,1-2H3,(H,29,32,33). The van der Waals surface area contributed by atoms with Crippen molar-refractivity contribution in [2.24, 2.45) is 0 Å². The van der Waals surface area contributed by atoms with E-state index in [9.17, 15) is 9.59 Å². The number of hydrogen-bond donors (Lipinski definition) is 1. The Labute approximate surface area is 205 Å². The molecule has 1 heterocycles. The number of nitrogens with zero attached hydrogens (tertiary/aromatic N) is 2. The smallest absolute Gasteiger partial charge is 0.278 e. The SMILES string of the molecule is Cc1ccc(C(=O)NC(=O)c2nn(-c3ccc(Cl)cc3Cl)c(-c3ccc(Cl)cc3)c2C)cc1. The van der Waals surface area contributed by atoms with Crippen molar-refractivity contribution in [2.75, 3.05) is 0 Å². The molecule has 33 heavy (non-hydrogen) atoms. The van der Waals surface area contributed by atoms with Gasteiger partial charge in [0, 0.05) is 26.7 Å². The average molecular weight is 499 g/mol. The summed E-state index contributed by atoms with van der Waals surface area (Å²) in [5, 5.41) is 8.36. The Kier molecular flexibility index (Phi) is 6.56. The third-order valence-corrected chi connectivity index (χ3v) is 5.92. The Bertz CT molecular complexity index is 1360. The second kappa shape index (κ2) is 9.40. The van der Waals surface area contributed by atoms with Gasteiger partial charge in [-0.1, -0.05) is 64.6 Å². The van der Waals surface area contributed by atoms with Crippen LogP contribution in [-0.2, 0) is 0 Å². The van der Waals surface area contributed by atoms with E-state index in [1.807, 2.05) is 19.1 Å². The molecule has 0 radical (unpaired) electrons. The van der Waals surface area contributed by atoms with Crippen LogP contribution in [0.1, 0.15) is 32.0 Å². The summed E-state index contributed by atoms with van der Waals surface area (Å²) in [6.07, 6.45) is 0. The molecule has 166 valence electrons. The van der Waals surface area contributed by atoms with Crippen LogP contribution >= 0.6 is 34.8 Å². The van der Waals surface area contributed by atoms with Gasteiger partial charge in [-0.25, -0.2) is 4.68 Å². The Morgan fingerprint density at radius 1 is 0.818 bits per heavy atom. The predicted molar refractivity (Wildman–Crippen MR) is 132 cm³/mol. The first-order valence-electron chi connectivity index (χ1n) is 9.98. The van der Waals surface area contributed by atoms with Gasteiger partial charge in [0.25, 0.3) is 11.8 Å². The van der Waals surface area contributed by atoms with Gasteiger partial charge in [0.05, 0.1) is 16.4 Å². The number of halogens is 3. The maximum Gasteiger partial charge on any atom is 0.278 e. The quantitative estimate of drug-likeness (QED) is 0.319. The number of imide groups is 1. The van der Waals surface area contributed by atoms with E-state index in [4.69, 9.17) is 34.8 Å². The van der Waals surface area contributed by atoms with E-state index in [2.05, 4.69) is 10.4 Å². The van der Waals surface area contributed by atoms with Gasteiger partial charge in [0.15, 0.2) is 5.69 Å². The number of aromatic nitrogens is 2. The lowest BCUT2D eigenvalue weighted by molar-refractivity contribution is 0.0846. The number of aryl methyl sites for hydroxylation is 1. The lowest BCUT2D eigenvalue weighted by Gasteiger charge is -2.11. The highest BCUT2D eigenvalue weighted by molar-refractivity contribution is 6.35. The molecule has 1 aromatic heterocycles. The largest absolute Gasteiger partial charge is 0.287 e. The maximum atomic E-state index is 13.1. The molecule has 8 heteroatoms. The number of nitrogens with one attached hydrogen (secondary N) is 1. The van der Waals surface area contributed by atoms with Crippen molar-refractivity contribution < 1.29 is 9.59 Å². The van der Waals surface area contributed by atoms with E-state index in [0.717, 1.165) is 11.1 Å². The molecule has 0 unspecified atom stereocenters. The fourth-order valence-corrected chi connectivity index (χ4v) is 4.04. The van der Waals surface area contributed by atoms with Crippen LogP contribution in [0.2, 0.25) is 15.1 Å². The minimum atomic E-state index is -0.614. The molecule has 0 aliphatic heterocycles. The van der Waals surface area contributed by atoms with Gasteiger partial charge < -0.3 is 0 Å². The molecule has 0 saturated carbocycles. The summed E-state index contributed by atoms with van der Waals surface area (Å²) in [7, 11) is 0. The van der Waals surface area contributed by atoms with E-state index in [-0.39, 0.29) is 5.69 Å². The number of benzene rings is 3. The number of amides is 2. The van der Waals surface area contributed by atoms with Gasteiger partial charge in [0.1, 0.15) is 0 Å². The molecule has 1 N–H and O–H groups in total. The molecular formula is C25H18Cl3N3O2. The topological polar surface area (TPSA) is 64.0 Å². The lowest BCUT2D eigenvalue weighted by atomic mass is 10.1. The van der Waals surface area contributed by atoms with Crippen LogP contribution in [0.4, 0.5) is 0 Å². The minimum Gasteiger partial charge on any atom is -0.287 e. The van der Waals surface area contributed by atoms with Crippen LogP contribution in [0.5, 0.6) is 0 Å². The maximum absolute atomic E-state index is 13.1. The fourth-order valence-electron chi connectivity index (χ4n) is 3.43. The highest BCUT2D eigenvalue weighted by Gasteiger charge is 2.24. The molecule has 2 amide bonds. The molecule has 0 bridgehead atoms. The van der Waals surface area contributed by atoms with Gasteiger partial charge in [-0.3, -0.25) is 14.9 Å². The van der Waals surface area contributed by atoms with Crippen LogP contribution in [0.15, 0.2) is 66.7 Å². The molecule has 3 aromatic carbocycles. The van der Waals surface area contributed by atoms with Gasteiger partial charge in [0.2, 0.25) is 0 Å². The Hall–Kier alpha value is -3.12. The fraction of sp³-hybridized carbons (Fsp3) is 0.0800. The van der Waals surface area contributed by atoms with Crippen LogP contribution in [0.25, 0.3) is 16.9 Å². The van der Waals surface area contributed by atoms with Gasteiger partial charge >= 0.3 is 0 Å². The zero-order valence-electron chi connectivity index (χ0n) is 17.7. The minimum absolute atomic E-state index is 0.103. The number of hydrogen-bond acceptors (Lipinski definition) is 3. The van der Waals surface area contributed by atoms with Gasteiger partial charge in [-0.05, 0) is 56.3 Å². The van der Waals surface area contributed by atoms with E-state index in [1.165, 1.54) is 0 Å². The van der Waals surface area contributed by atoms with Crippen molar-refractivity contribution in [1.82, 2.24) is 15.1 Å². The zero-order valence-corrected chi connectivity index (χ0v) is 20.0. The lowest BCUT2D eigenvalue weighted by Crippen LogP contribution is -2.31. The second-order valence-corrected chi connectivity index (χ2v) is 8.77. The van der Waals surface area contributed by atoms with Crippen molar-refractivity contribution in [3.05, 3.63) is 104 Å². The van der Waals surface area contributed by atoms with Crippen molar-refractivity contribution in [3.8, 4) is 16.9 Å². The van der Waals surface area contributed by atoms with Crippen molar-refractivity contribution in [2.45, 2.75) is 13.8 Å². The molecule has 4 aromatic rings. The molecule has 0 aliphatic rings. The number of carbonyl (C=O) groups excluding carboxylic acids is 2. The summed E-state index contributed by atoms with van der Waals surface area (Å²) >= 11 is 18.6. The predicted octanol–water partition coefficient (Wildman–Crippen LogP) is 6.69. The van der Waals surface area contributed by atoms with E-state index in [1.54, 1.807) is 66.2 Å². The van der Waals surface area contributed by atoms with E-state index in [0.29, 0.717) is 37.6 Å². The van der Waals surface area contributed by atoms with Gasteiger partial charge in [-0.15, -0.1) is 0 Å². The number of rotatable bonds is 4. The van der Waals surface area contributed by atoms with Crippen LogP contribution < -0.4 is 5.32 Å². The first-order valence-corrected chi connectivity index (χ1v) is 11.1. The average Bonchev–Trinajstić information content (AvgIpc) is 3.11. The Balaban J connectivity index is 1.79. The highest BCUT2D eigenvalue weighted by Crippen LogP contribution is 2.33. The highest BCUT2D eigenvalue weighted by atomic mass is 35.5. The van der Waals surface area contributed by atoms with E-state index < -0.39 is 11.8 Å². The third kappa shape index (κ3) is 4.81. The molecule has 4 rings (SSSR count). The Morgan fingerprint density at radius 3 is 2.09 bits per heavy atom. The van der Waals surface area contributed by atoms with Crippen molar-refractivity contribution >= 4 is 46.6 Å². The number of carbonyl (C=O) groups is 2. The van der Waals surface area contributed by atoms with Crippen molar-refractivity contribution in [3.63, 3.8) is 0 Å². The molecule has 0 fully saturated rings. The first kappa shape index (κ1) is 23.1. The molecule has 0 aliphatic carbocycles. The molecular weight excluding hydrogens is 481 g/mol. The van der Waals surface area contributed by atoms with Crippen LogP contribution in [0, 0.1) is 13.8 Å². The summed E-state index contributed by atoms with van der Waals surface area (Å²) in [6, 6.07) is 19.1. The van der Waals surface area contributed by atoms with Crippen molar-refractivity contribution in [1.29, 1.82) is 0 Å². The summed E-state index contributed by atoms with van der Waals surface area (Å²) in [5.41, 5.74) is 4.04. The summed E-state index contributed by atoms with van der Waals surface area (Å²) in [5.74, 6) is -1.12. The summed E-state index contributed by atoms with van der Waals surface area (Å²) in [4.78, 5) is 25.6. The molecule has 0 spiro atoms. The van der Waals surface area contributed by atoms with Crippen LogP contribution in [0.3, 0.4) is 0 Å². The second-order valence-electron chi connectivity index (χ2n) is 7.49. The van der Waals surface area contributed by atoms with Crippen LogP contribution in [-0.4, -0.2) is 21.6 Å². The Morgan fingerprint density at radius 2 is 1.45 bits per heavy atom. The molecule has 5 nitrogen and oxygen atoms in total. The van der Waals surface area contributed by atoms with E-state index >= 15 is 0 Å². The summed E-state index contributed by atoms with van der Waals surface area (Å²) < 4.78 is 1.57. The first-order chi connectivity index (χ1) is 15.7. The molecule has 0 saturated heterocycles. The molecule has 0 atom stereocenters. The zero-order chi connectivity index (χ0) is 23.7. The summed E-state index contributed by atoms with van der Waals surface area (Å²) in [6.45, 7) is 3.69. The van der Waals surface area contributed by atoms with Gasteiger partial charge in [-0.2, -0.15) is 5.10 Å².